The first-order valence-corrected chi connectivity index (χ1v) is 10.5. The Morgan fingerprint density at radius 3 is 1.51 bits per heavy atom. The number of isothiocyanates is 1. The number of hydrogen-bond donors (Lipinski definition) is 4. The van der Waals surface area contributed by atoms with E-state index in [0.717, 1.165) is 15.4 Å². The molecule has 0 aliphatic carbocycles. The Labute approximate surface area is 204 Å². The average Bonchev–Trinajstić information content (AvgIpc) is 2.76. The van der Waals surface area contributed by atoms with Gasteiger partial charge in [0.1, 0.15) is 37.8 Å². The second-order valence-electron chi connectivity index (χ2n) is 7.35. The van der Waals surface area contributed by atoms with Crippen LogP contribution >= 0.6 is 12.2 Å². The van der Waals surface area contributed by atoms with Crippen LogP contribution in [0.15, 0.2) is 41.4 Å². The highest BCUT2D eigenvalue weighted by molar-refractivity contribution is 7.78. The molecule has 0 saturated heterocycles. The highest BCUT2D eigenvalue weighted by Crippen LogP contribution is 2.23. The number of aromatic nitrogens is 1. The molecule has 0 unspecified atom stereocenters. The van der Waals surface area contributed by atoms with Gasteiger partial charge in [0, 0.05) is 0 Å². The Kier molecular flexibility index (Phi) is 9.82. The van der Waals surface area contributed by atoms with Gasteiger partial charge in [-0.25, -0.2) is 4.98 Å². The molecule has 0 saturated carbocycles. The van der Waals surface area contributed by atoms with E-state index in [2.05, 4.69) is 27.4 Å². The molecule has 1 aromatic heterocycles. The fraction of sp³-hybridized carbons (Fsp3) is 0.273. The number of benzene rings is 1. The molecule has 0 amide bonds. The van der Waals surface area contributed by atoms with E-state index in [0.29, 0.717) is 24.1 Å². The van der Waals surface area contributed by atoms with Gasteiger partial charge in [-0.15, -0.1) is 0 Å². The molecule has 184 valence electrons. The number of aliphatic carboxylic acids is 4. The van der Waals surface area contributed by atoms with Crippen LogP contribution in [0.2, 0.25) is 0 Å². The molecule has 0 aliphatic heterocycles. The monoisotopic (exact) mass is 502 g/mol. The quantitative estimate of drug-likeness (QED) is 0.216. The maximum absolute atomic E-state index is 11.3. The van der Waals surface area contributed by atoms with Crippen LogP contribution in [0.3, 0.4) is 0 Å². The molecule has 0 spiro atoms. The molecule has 1 heterocycles. The predicted octanol–water partition coefficient (Wildman–Crippen LogP) is 1.55. The van der Waals surface area contributed by atoms with Crippen LogP contribution in [0.4, 0.5) is 17.3 Å². The molecule has 4 N–H and O–H groups in total. The summed E-state index contributed by atoms with van der Waals surface area (Å²) in [5.41, 5.74) is 2.13. The van der Waals surface area contributed by atoms with Gasteiger partial charge in [0.2, 0.25) is 0 Å². The van der Waals surface area contributed by atoms with Crippen LogP contribution in [0.1, 0.15) is 11.1 Å². The highest BCUT2D eigenvalue weighted by Gasteiger charge is 2.21. The molecule has 0 bridgehead atoms. The lowest BCUT2D eigenvalue weighted by Crippen LogP contribution is -2.37. The summed E-state index contributed by atoms with van der Waals surface area (Å²) < 4.78 is 0. The van der Waals surface area contributed by atoms with E-state index in [9.17, 15) is 39.6 Å². The van der Waals surface area contributed by atoms with Crippen molar-refractivity contribution in [1.29, 1.82) is 0 Å². The lowest BCUT2D eigenvalue weighted by Gasteiger charge is -2.25. The topological polar surface area (TPSA) is 181 Å². The van der Waals surface area contributed by atoms with Crippen LogP contribution in [0, 0.1) is 0 Å². The van der Waals surface area contributed by atoms with Crippen molar-refractivity contribution >= 4 is 58.6 Å². The number of nitrogens with zero attached hydrogens (tertiary/aromatic N) is 4. The number of hydrogen-bond acceptors (Lipinski definition) is 9. The average molecular weight is 503 g/mol. The number of aryl methyl sites for hydroxylation is 2. The van der Waals surface area contributed by atoms with Crippen molar-refractivity contribution < 1.29 is 39.6 Å². The van der Waals surface area contributed by atoms with Crippen molar-refractivity contribution in [3.63, 3.8) is 0 Å². The Morgan fingerprint density at radius 2 is 1.14 bits per heavy atom. The van der Waals surface area contributed by atoms with Crippen LogP contribution in [-0.4, -0.2) is 80.6 Å². The van der Waals surface area contributed by atoms with E-state index in [4.69, 9.17) is 0 Å². The van der Waals surface area contributed by atoms with Gasteiger partial charge in [0.25, 0.3) is 0 Å². The number of anilines is 2. The van der Waals surface area contributed by atoms with Crippen molar-refractivity contribution in [3.8, 4) is 0 Å². The Hall–Kier alpha value is -4.35. The van der Waals surface area contributed by atoms with Gasteiger partial charge < -0.3 is 30.2 Å². The van der Waals surface area contributed by atoms with Gasteiger partial charge in [-0.2, -0.15) is 4.99 Å². The van der Waals surface area contributed by atoms with Crippen LogP contribution in [0.5, 0.6) is 0 Å². The molecule has 2 rings (SSSR count). The SMILES string of the molecule is O=C(O)CN(CC(=O)O)c1cc(CCc2ccc(N=C=S)cc2)cc(N(CC(=O)O)CC(=O)O)n1. The summed E-state index contributed by atoms with van der Waals surface area (Å²) in [5, 5.41) is 39.1. The first-order chi connectivity index (χ1) is 16.6. The number of thiocarbonyl (C=S) groups is 1. The van der Waals surface area contributed by atoms with Gasteiger partial charge in [-0.05, 0) is 60.5 Å². The molecule has 12 nitrogen and oxygen atoms in total. The molecular weight excluding hydrogens is 480 g/mol. The van der Waals surface area contributed by atoms with Crippen LogP contribution in [-0.2, 0) is 32.0 Å². The highest BCUT2D eigenvalue weighted by atomic mass is 32.1. The standard InChI is InChI=1S/C22H22N4O8S/c27-19(28)9-25(10-20(29)30)17-7-15(2-1-14-3-5-16(6-4-14)23-13-35)8-18(24-17)26(11-21(31)32)12-22(33)34/h3-8H,1-2,9-12H2,(H,27,28)(H,29,30)(H,31,32)(H,33,34). The third-order valence-electron chi connectivity index (χ3n) is 4.62. The van der Waals surface area contributed by atoms with Gasteiger partial charge in [-0.3, -0.25) is 19.2 Å². The van der Waals surface area contributed by atoms with E-state index in [1.165, 1.54) is 12.1 Å². The number of carboxylic acids is 4. The maximum Gasteiger partial charge on any atom is 0.323 e. The second-order valence-corrected chi connectivity index (χ2v) is 7.53. The minimum atomic E-state index is -1.30. The number of rotatable bonds is 14. The van der Waals surface area contributed by atoms with E-state index in [1.807, 2.05) is 12.1 Å². The van der Waals surface area contributed by atoms with Crippen molar-refractivity contribution in [2.24, 2.45) is 4.99 Å². The van der Waals surface area contributed by atoms with Gasteiger partial charge in [0.15, 0.2) is 0 Å². The zero-order chi connectivity index (χ0) is 26.0. The second kappa shape index (κ2) is 12.8. The smallest absolute Gasteiger partial charge is 0.323 e. The summed E-state index contributed by atoms with van der Waals surface area (Å²) in [6, 6.07) is 10.2. The number of carbonyl (C=O) groups is 4. The fourth-order valence-corrected chi connectivity index (χ4v) is 3.30. The summed E-state index contributed by atoms with van der Waals surface area (Å²) >= 11 is 4.57. The van der Waals surface area contributed by atoms with E-state index >= 15 is 0 Å². The maximum atomic E-state index is 11.3. The zero-order valence-corrected chi connectivity index (χ0v) is 19.1. The number of carboxylic acid groups (broad SMARTS) is 4. The minimum absolute atomic E-state index is 0.0336. The summed E-state index contributed by atoms with van der Waals surface area (Å²) in [4.78, 5) is 55.3. The molecule has 35 heavy (non-hydrogen) atoms. The molecular formula is C22H22N4O8S. The molecule has 0 radical (unpaired) electrons. The summed E-state index contributed by atoms with van der Waals surface area (Å²) in [6.07, 6.45) is 0.903. The molecule has 0 aliphatic rings. The zero-order valence-electron chi connectivity index (χ0n) is 18.3. The molecule has 13 heteroatoms. The molecule has 2 aromatic rings. The van der Waals surface area contributed by atoms with Gasteiger partial charge in [0.05, 0.1) is 10.8 Å². The third kappa shape index (κ3) is 9.20. The molecule has 0 atom stereocenters. The van der Waals surface area contributed by atoms with E-state index < -0.39 is 50.1 Å². The van der Waals surface area contributed by atoms with Crippen molar-refractivity contribution in [1.82, 2.24) is 4.98 Å². The fourth-order valence-electron chi connectivity index (χ4n) is 3.19. The van der Waals surface area contributed by atoms with Crippen molar-refractivity contribution in [2.75, 3.05) is 36.0 Å². The third-order valence-corrected chi connectivity index (χ3v) is 4.72. The van der Waals surface area contributed by atoms with Crippen LogP contribution < -0.4 is 9.80 Å². The van der Waals surface area contributed by atoms with Gasteiger partial charge >= 0.3 is 23.9 Å². The van der Waals surface area contributed by atoms with Crippen LogP contribution in [0.25, 0.3) is 0 Å². The Bertz CT molecular complexity index is 1060. The van der Waals surface area contributed by atoms with Crippen molar-refractivity contribution in [2.45, 2.75) is 12.8 Å². The van der Waals surface area contributed by atoms with Gasteiger partial charge in [-0.1, -0.05) is 12.1 Å². The normalized spacial score (nSPS) is 10.2. The Balaban J connectivity index is 2.46. The lowest BCUT2D eigenvalue weighted by atomic mass is 10.0. The van der Waals surface area contributed by atoms with Crippen molar-refractivity contribution in [3.05, 3.63) is 47.5 Å². The Morgan fingerprint density at radius 1 is 0.743 bits per heavy atom. The summed E-state index contributed by atoms with van der Waals surface area (Å²) in [5.74, 6) is -5.26. The van der Waals surface area contributed by atoms with E-state index in [1.54, 1.807) is 12.1 Å². The summed E-state index contributed by atoms with van der Waals surface area (Å²) in [7, 11) is 0. The number of aliphatic imine (C=N–C) groups is 1. The minimum Gasteiger partial charge on any atom is -0.480 e. The van der Waals surface area contributed by atoms with E-state index in [-0.39, 0.29) is 11.6 Å². The largest absolute Gasteiger partial charge is 0.480 e. The number of pyridine rings is 1. The summed E-state index contributed by atoms with van der Waals surface area (Å²) in [6.45, 7) is -2.71. The molecule has 0 fully saturated rings. The predicted molar refractivity (Wildman–Crippen MR) is 128 cm³/mol. The molecule has 1 aromatic carbocycles. The first-order valence-electron chi connectivity index (χ1n) is 10.1. The first kappa shape index (κ1) is 26.9. The lowest BCUT2D eigenvalue weighted by molar-refractivity contribution is -0.138.